The number of halogens is 2. The van der Waals surface area contributed by atoms with Gasteiger partial charge in [0.25, 0.3) is 11.8 Å². The number of carbonyl (C=O) groups is 4. The Hall–Kier alpha value is -5.41. The lowest BCUT2D eigenvalue weighted by atomic mass is 10.00. The van der Waals surface area contributed by atoms with Gasteiger partial charge in [0.2, 0.25) is 0 Å². The van der Waals surface area contributed by atoms with Gasteiger partial charge in [-0.1, -0.05) is 18.2 Å². The maximum atomic E-state index is 15.2. The van der Waals surface area contributed by atoms with E-state index in [1.807, 2.05) is 6.07 Å². The largest absolute Gasteiger partial charge is 0.490 e. The van der Waals surface area contributed by atoms with Crippen molar-refractivity contribution in [2.45, 2.75) is 45.0 Å². The van der Waals surface area contributed by atoms with Crippen molar-refractivity contribution in [3.8, 4) is 5.75 Å². The van der Waals surface area contributed by atoms with E-state index in [0.717, 1.165) is 23.3 Å². The highest BCUT2D eigenvalue weighted by Crippen LogP contribution is 2.27. The molecule has 0 bridgehead atoms. The quantitative estimate of drug-likeness (QED) is 0.0771. The lowest BCUT2D eigenvalue weighted by Crippen LogP contribution is -2.51. The van der Waals surface area contributed by atoms with Crippen molar-refractivity contribution in [2.75, 3.05) is 113 Å². The number of methoxy groups -OCH3 is 1. The van der Waals surface area contributed by atoms with E-state index in [1.165, 1.54) is 29.2 Å². The molecule has 3 aromatic carbocycles. The van der Waals surface area contributed by atoms with Crippen molar-refractivity contribution in [3.05, 3.63) is 99.6 Å². The van der Waals surface area contributed by atoms with E-state index < -0.39 is 52.7 Å². The molecule has 1 fully saturated rings. The molecule has 17 nitrogen and oxygen atoms in total. The standard InChI is InChI=1S/C47H60F2N4O13/c1-47(2,3)66-46(57)53-30-38(39(31-53)52-45(56)34-9-10-35-28-50-29-36(35)27-34)51-44(55)33-7-5-32(6-8-33)43(54)41-40(12-11-37(48)42(41)49)65-26-25-64-24-23-63-22-21-62-20-19-61-18-17-60-16-15-59-14-13-58-4/h5-12,27-28,38-39H,13-26,29-31H2,1-4H3,(H,51,55)(H,52,56)/t38-,39-/m1/s1. The Balaban J connectivity index is 1.04. The summed E-state index contributed by atoms with van der Waals surface area (Å²) in [5.41, 5.74) is 0.965. The van der Waals surface area contributed by atoms with Gasteiger partial charge in [-0.05, 0) is 68.3 Å². The zero-order valence-electron chi connectivity index (χ0n) is 37.9. The Morgan fingerprint density at radius 2 is 1.14 bits per heavy atom. The zero-order valence-corrected chi connectivity index (χ0v) is 37.9. The second-order valence-electron chi connectivity index (χ2n) is 16.1. The Bertz CT molecular complexity index is 2080. The molecule has 2 N–H and O–H groups in total. The molecule has 3 amide bonds. The van der Waals surface area contributed by atoms with E-state index >= 15 is 4.39 Å². The van der Waals surface area contributed by atoms with Gasteiger partial charge in [-0.25, -0.2) is 13.6 Å². The summed E-state index contributed by atoms with van der Waals surface area (Å²) in [6.07, 6.45) is 1.14. The molecule has 2 aliphatic heterocycles. The number of rotatable bonds is 28. The topological polar surface area (TPSA) is 191 Å². The van der Waals surface area contributed by atoms with Crippen LogP contribution in [0.4, 0.5) is 13.6 Å². The maximum Gasteiger partial charge on any atom is 0.410 e. The number of ether oxygens (including phenoxy) is 9. The van der Waals surface area contributed by atoms with E-state index in [9.17, 15) is 23.6 Å². The van der Waals surface area contributed by atoms with Gasteiger partial charge in [0, 0.05) is 43.1 Å². The van der Waals surface area contributed by atoms with Crippen molar-refractivity contribution in [1.82, 2.24) is 15.5 Å². The molecule has 0 aromatic heterocycles. The molecule has 2 heterocycles. The van der Waals surface area contributed by atoms with Crippen LogP contribution in [0.3, 0.4) is 0 Å². The number of fused-ring (bicyclic) bond motifs is 1. The van der Waals surface area contributed by atoms with Crippen LogP contribution in [0.2, 0.25) is 0 Å². The van der Waals surface area contributed by atoms with Gasteiger partial charge < -0.3 is 58.2 Å². The molecule has 3 aromatic rings. The summed E-state index contributed by atoms with van der Waals surface area (Å²) in [5, 5.41) is 5.84. The molecule has 0 unspecified atom stereocenters. The predicted octanol–water partition coefficient (Wildman–Crippen LogP) is 4.40. The van der Waals surface area contributed by atoms with Crippen molar-refractivity contribution < 1.29 is 70.6 Å². The molecule has 66 heavy (non-hydrogen) atoms. The summed E-state index contributed by atoms with van der Waals surface area (Å²) >= 11 is 0. The average Bonchev–Trinajstić information content (AvgIpc) is 3.94. The van der Waals surface area contributed by atoms with Gasteiger partial charge in [-0.3, -0.25) is 19.4 Å². The van der Waals surface area contributed by atoms with Gasteiger partial charge in [0.1, 0.15) is 23.5 Å². The Kier molecular flexibility index (Phi) is 20.8. The molecular formula is C47H60F2N4O13. The average molecular weight is 927 g/mol. The Morgan fingerprint density at radius 3 is 1.67 bits per heavy atom. The second-order valence-corrected chi connectivity index (χ2v) is 16.1. The normalized spacial score (nSPS) is 15.5. The second kappa shape index (κ2) is 26.7. The molecule has 1 saturated heterocycles. The SMILES string of the molecule is COCCOCCOCCOCCOCCOCCOCCOc1ccc(F)c(F)c1C(=O)c1ccc(C(=O)N[C@@H]2CN(C(=O)OC(C)(C)C)C[C@H]2NC(=O)c2ccc3c(c2)CN=C3)cc1. The number of benzene rings is 3. The fourth-order valence-corrected chi connectivity index (χ4v) is 6.66. The fourth-order valence-electron chi connectivity index (χ4n) is 6.66. The van der Waals surface area contributed by atoms with E-state index in [-0.39, 0.29) is 62.3 Å². The van der Waals surface area contributed by atoms with Crippen LogP contribution in [0, 0.1) is 11.6 Å². The van der Waals surface area contributed by atoms with Gasteiger partial charge in [0.15, 0.2) is 17.4 Å². The first-order valence-corrected chi connectivity index (χ1v) is 21.8. The third-order valence-corrected chi connectivity index (χ3v) is 9.97. The Morgan fingerprint density at radius 1 is 0.652 bits per heavy atom. The Labute approximate surface area is 383 Å². The molecule has 0 aliphatic carbocycles. The molecule has 0 saturated carbocycles. The fraction of sp³-hybridized carbons (Fsp3) is 0.511. The van der Waals surface area contributed by atoms with Crippen LogP contribution >= 0.6 is 0 Å². The van der Waals surface area contributed by atoms with Crippen molar-refractivity contribution in [3.63, 3.8) is 0 Å². The minimum atomic E-state index is -1.39. The van der Waals surface area contributed by atoms with E-state index in [1.54, 1.807) is 46.2 Å². The molecule has 2 atom stereocenters. The first-order valence-electron chi connectivity index (χ1n) is 21.8. The summed E-state index contributed by atoms with van der Waals surface area (Å²) in [5.74, 6) is -4.63. The first kappa shape index (κ1) is 51.6. The summed E-state index contributed by atoms with van der Waals surface area (Å²) in [7, 11) is 1.62. The molecule has 5 rings (SSSR count). The van der Waals surface area contributed by atoms with Crippen molar-refractivity contribution in [2.24, 2.45) is 4.99 Å². The van der Waals surface area contributed by atoms with Gasteiger partial charge in [-0.15, -0.1) is 0 Å². The summed E-state index contributed by atoms with van der Waals surface area (Å²) < 4.78 is 78.4. The minimum Gasteiger partial charge on any atom is -0.490 e. The molecule has 19 heteroatoms. The van der Waals surface area contributed by atoms with Crippen LogP contribution in [-0.4, -0.2) is 165 Å². The van der Waals surface area contributed by atoms with E-state index in [4.69, 9.17) is 42.6 Å². The van der Waals surface area contributed by atoms with Crippen LogP contribution in [0.1, 0.15) is 68.5 Å². The number of likely N-dealkylation sites (tertiary alicyclic amines) is 1. The number of hydrogen-bond acceptors (Lipinski definition) is 14. The number of hydrogen-bond donors (Lipinski definition) is 2. The highest BCUT2D eigenvalue weighted by atomic mass is 19.2. The van der Waals surface area contributed by atoms with Gasteiger partial charge in [-0.2, -0.15) is 0 Å². The molecule has 0 spiro atoms. The molecule has 360 valence electrons. The number of ketones is 1. The minimum absolute atomic E-state index is 0.0335. The highest BCUT2D eigenvalue weighted by Gasteiger charge is 2.39. The third kappa shape index (κ3) is 16.5. The summed E-state index contributed by atoms with van der Waals surface area (Å²) in [6.45, 7) is 10.8. The van der Waals surface area contributed by atoms with Crippen molar-refractivity contribution in [1.29, 1.82) is 0 Å². The first-order chi connectivity index (χ1) is 31.8. The molecule has 0 radical (unpaired) electrons. The number of nitrogens with one attached hydrogen (secondary N) is 2. The summed E-state index contributed by atoms with van der Waals surface area (Å²) in [6, 6.07) is 11.2. The number of aliphatic imine (C=N–C) groups is 1. The molecule has 2 aliphatic rings. The third-order valence-electron chi connectivity index (χ3n) is 9.97. The lowest BCUT2D eigenvalue weighted by Gasteiger charge is -2.24. The number of carbonyl (C=O) groups excluding carboxylic acids is 4. The molecular weight excluding hydrogens is 867 g/mol. The maximum absolute atomic E-state index is 15.2. The van der Waals surface area contributed by atoms with Gasteiger partial charge >= 0.3 is 6.09 Å². The zero-order chi connectivity index (χ0) is 47.3. The van der Waals surface area contributed by atoms with Crippen LogP contribution in [-0.2, 0) is 44.4 Å². The van der Waals surface area contributed by atoms with Crippen LogP contribution in [0.25, 0.3) is 0 Å². The monoisotopic (exact) mass is 926 g/mol. The number of nitrogens with zero attached hydrogens (tertiary/aromatic N) is 2. The van der Waals surface area contributed by atoms with Gasteiger partial charge in [0.05, 0.1) is 105 Å². The highest BCUT2D eigenvalue weighted by molar-refractivity contribution is 6.11. The van der Waals surface area contributed by atoms with Crippen molar-refractivity contribution >= 4 is 29.9 Å². The number of amides is 3. The van der Waals surface area contributed by atoms with Crippen LogP contribution in [0.15, 0.2) is 59.6 Å². The summed E-state index contributed by atoms with van der Waals surface area (Å²) in [4.78, 5) is 59.2. The van der Waals surface area contributed by atoms with Crippen LogP contribution < -0.4 is 15.4 Å². The lowest BCUT2D eigenvalue weighted by molar-refractivity contribution is -0.0199. The predicted molar refractivity (Wildman–Crippen MR) is 237 cm³/mol. The van der Waals surface area contributed by atoms with E-state index in [2.05, 4.69) is 15.6 Å². The van der Waals surface area contributed by atoms with E-state index in [0.29, 0.717) is 78.2 Å². The van der Waals surface area contributed by atoms with Crippen LogP contribution in [0.5, 0.6) is 5.75 Å². The smallest absolute Gasteiger partial charge is 0.410 e.